The van der Waals surface area contributed by atoms with E-state index >= 15 is 0 Å². The molecular formula is C19H19ClN4O2. The van der Waals surface area contributed by atoms with Gasteiger partial charge in [-0.1, -0.05) is 29.8 Å². The summed E-state index contributed by atoms with van der Waals surface area (Å²) in [4.78, 5) is 12.2. The molecule has 1 N–H and O–H groups in total. The number of nitriles is 1. The van der Waals surface area contributed by atoms with Gasteiger partial charge in [-0.15, -0.1) is 0 Å². The van der Waals surface area contributed by atoms with Crippen molar-refractivity contribution in [3.63, 3.8) is 0 Å². The van der Waals surface area contributed by atoms with Crippen LogP contribution < -0.4 is 5.32 Å². The molecule has 3 rings (SSSR count). The second-order valence-electron chi connectivity index (χ2n) is 6.08. The molecule has 1 aliphatic heterocycles. The second-order valence-corrected chi connectivity index (χ2v) is 6.48. The van der Waals surface area contributed by atoms with E-state index in [2.05, 4.69) is 10.4 Å². The number of hydrogen-bond donors (Lipinski definition) is 1. The van der Waals surface area contributed by atoms with E-state index in [1.165, 1.54) is 6.08 Å². The average molecular weight is 371 g/mol. The molecule has 1 aromatic heterocycles. The van der Waals surface area contributed by atoms with E-state index in [4.69, 9.17) is 16.3 Å². The summed E-state index contributed by atoms with van der Waals surface area (Å²) in [6, 6.07) is 9.49. The smallest absolute Gasteiger partial charge is 0.262 e. The number of carbonyl (C=O) groups is 1. The van der Waals surface area contributed by atoms with Gasteiger partial charge in [0.05, 0.1) is 18.8 Å². The summed E-state index contributed by atoms with van der Waals surface area (Å²) in [7, 11) is 0. The Kier molecular flexibility index (Phi) is 6.05. The first-order valence-electron chi connectivity index (χ1n) is 8.43. The van der Waals surface area contributed by atoms with Crippen LogP contribution in [-0.4, -0.2) is 34.9 Å². The molecule has 1 saturated heterocycles. The van der Waals surface area contributed by atoms with E-state index in [1.807, 2.05) is 30.3 Å². The number of halogens is 1. The molecular weight excluding hydrogens is 352 g/mol. The molecule has 6 nitrogen and oxygen atoms in total. The van der Waals surface area contributed by atoms with Crippen molar-refractivity contribution < 1.29 is 9.53 Å². The summed E-state index contributed by atoms with van der Waals surface area (Å²) in [5.41, 5.74) is 1.67. The van der Waals surface area contributed by atoms with Crippen molar-refractivity contribution in [3.05, 3.63) is 58.4 Å². The quantitative estimate of drug-likeness (QED) is 0.626. The highest BCUT2D eigenvalue weighted by Gasteiger charge is 2.17. The van der Waals surface area contributed by atoms with Gasteiger partial charge in [0.25, 0.3) is 5.91 Å². The lowest BCUT2D eigenvalue weighted by Gasteiger charge is -2.09. The highest BCUT2D eigenvalue weighted by Crippen LogP contribution is 2.16. The fourth-order valence-electron chi connectivity index (χ4n) is 2.76. The lowest BCUT2D eigenvalue weighted by Crippen LogP contribution is -2.32. The summed E-state index contributed by atoms with van der Waals surface area (Å²) in [6.07, 6.45) is 6.89. The first kappa shape index (κ1) is 18.2. The first-order chi connectivity index (χ1) is 12.7. The van der Waals surface area contributed by atoms with Gasteiger partial charge in [-0.2, -0.15) is 10.4 Å². The molecule has 1 aromatic carbocycles. The van der Waals surface area contributed by atoms with Crippen molar-refractivity contribution in [2.24, 2.45) is 0 Å². The Hall–Kier alpha value is -2.62. The number of rotatable bonds is 6. The second kappa shape index (κ2) is 8.65. The highest BCUT2D eigenvalue weighted by molar-refractivity contribution is 6.31. The summed E-state index contributed by atoms with van der Waals surface area (Å²) >= 11 is 6.16. The molecule has 7 heteroatoms. The molecule has 0 spiro atoms. The van der Waals surface area contributed by atoms with Gasteiger partial charge in [0, 0.05) is 29.9 Å². The van der Waals surface area contributed by atoms with Crippen LogP contribution in [0, 0.1) is 11.3 Å². The van der Waals surface area contributed by atoms with E-state index in [0.29, 0.717) is 23.7 Å². The molecule has 1 aliphatic rings. The Labute approximate surface area is 157 Å². The minimum Gasteiger partial charge on any atom is -0.376 e. The normalized spacial score (nSPS) is 17.1. The predicted molar refractivity (Wildman–Crippen MR) is 98.4 cm³/mol. The van der Waals surface area contributed by atoms with E-state index in [-0.39, 0.29) is 11.7 Å². The summed E-state index contributed by atoms with van der Waals surface area (Å²) < 4.78 is 7.18. The predicted octanol–water partition coefficient (Wildman–Crippen LogP) is 2.79. The van der Waals surface area contributed by atoms with E-state index in [9.17, 15) is 10.1 Å². The van der Waals surface area contributed by atoms with Crippen LogP contribution >= 0.6 is 11.6 Å². The lowest BCUT2D eigenvalue weighted by atomic mass is 10.2. The van der Waals surface area contributed by atoms with Crippen molar-refractivity contribution in [3.8, 4) is 6.07 Å². The van der Waals surface area contributed by atoms with Crippen molar-refractivity contribution in [2.45, 2.75) is 25.5 Å². The molecule has 1 unspecified atom stereocenters. The number of aromatic nitrogens is 2. The summed E-state index contributed by atoms with van der Waals surface area (Å²) in [6.45, 7) is 1.66. The van der Waals surface area contributed by atoms with Crippen molar-refractivity contribution in [1.82, 2.24) is 15.1 Å². The maximum absolute atomic E-state index is 12.2. The van der Waals surface area contributed by atoms with Gasteiger partial charge in [0.15, 0.2) is 0 Å². The number of hydrogen-bond acceptors (Lipinski definition) is 4. The van der Waals surface area contributed by atoms with Crippen molar-refractivity contribution in [2.75, 3.05) is 13.2 Å². The van der Waals surface area contributed by atoms with Crippen molar-refractivity contribution in [1.29, 1.82) is 5.26 Å². The lowest BCUT2D eigenvalue weighted by molar-refractivity contribution is -0.117. The molecule has 0 aliphatic carbocycles. The van der Waals surface area contributed by atoms with Crippen LogP contribution in [0.4, 0.5) is 0 Å². The number of amides is 1. The first-order valence-corrected chi connectivity index (χ1v) is 8.81. The van der Waals surface area contributed by atoms with Crippen LogP contribution in [0.1, 0.15) is 24.0 Å². The van der Waals surface area contributed by atoms with Gasteiger partial charge in [-0.3, -0.25) is 9.48 Å². The summed E-state index contributed by atoms with van der Waals surface area (Å²) in [5, 5.41) is 17.0. The van der Waals surface area contributed by atoms with Crippen LogP contribution in [0.5, 0.6) is 0 Å². The summed E-state index contributed by atoms with van der Waals surface area (Å²) in [5.74, 6) is -0.401. The van der Waals surface area contributed by atoms with E-state index in [1.54, 1.807) is 17.1 Å². The molecule has 1 atom stereocenters. The standard InChI is InChI=1S/C19H19ClN4O2/c20-18-6-2-1-4-15(18)13-24-12-14(10-23-24)8-16(9-21)19(25)22-11-17-5-3-7-26-17/h1-2,4,6,8,10,12,17H,3,5,7,11,13H2,(H,22,25)/b16-8-. The number of ether oxygens (including phenoxy) is 1. The zero-order chi connectivity index (χ0) is 18.4. The Morgan fingerprint density at radius 2 is 2.35 bits per heavy atom. The number of nitrogens with zero attached hydrogens (tertiary/aromatic N) is 3. The molecule has 2 aromatic rings. The zero-order valence-corrected chi connectivity index (χ0v) is 14.9. The number of carbonyl (C=O) groups excluding carboxylic acids is 1. The average Bonchev–Trinajstić information content (AvgIpc) is 3.31. The fourth-order valence-corrected chi connectivity index (χ4v) is 2.96. The number of benzene rings is 1. The third kappa shape index (κ3) is 4.72. The molecule has 1 amide bonds. The molecule has 1 fully saturated rings. The fraction of sp³-hybridized carbons (Fsp3) is 0.316. The van der Waals surface area contributed by atoms with Crippen LogP contribution in [0.3, 0.4) is 0 Å². The maximum Gasteiger partial charge on any atom is 0.262 e. The minimum atomic E-state index is -0.401. The third-order valence-corrected chi connectivity index (χ3v) is 4.50. The van der Waals surface area contributed by atoms with Gasteiger partial charge in [0.2, 0.25) is 0 Å². The highest BCUT2D eigenvalue weighted by atomic mass is 35.5. The largest absolute Gasteiger partial charge is 0.376 e. The molecule has 0 saturated carbocycles. The van der Waals surface area contributed by atoms with E-state index in [0.717, 1.165) is 25.0 Å². The Morgan fingerprint density at radius 3 is 3.08 bits per heavy atom. The van der Waals surface area contributed by atoms with Crippen LogP contribution in [0.25, 0.3) is 6.08 Å². The Balaban J connectivity index is 1.64. The van der Waals surface area contributed by atoms with Gasteiger partial charge >= 0.3 is 0 Å². The Morgan fingerprint density at radius 1 is 1.50 bits per heavy atom. The number of nitrogens with one attached hydrogen (secondary N) is 1. The molecule has 0 radical (unpaired) electrons. The maximum atomic E-state index is 12.2. The van der Waals surface area contributed by atoms with Crippen LogP contribution in [-0.2, 0) is 16.1 Å². The molecule has 26 heavy (non-hydrogen) atoms. The van der Waals surface area contributed by atoms with Gasteiger partial charge in [-0.05, 0) is 30.5 Å². The van der Waals surface area contributed by atoms with Crippen molar-refractivity contribution >= 4 is 23.6 Å². The van der Waals surface area contributed by atoms with Gasteiger partial charge in [-0.25, -0.2) is 0 Å². The van der Waals surface area contributed by atoms with Crippen LogP contribution in [0.2, 0.25) is 5.02 Å². The minimum absolute atomic E-state index is 0.0391. The monoisotopic (exact) mass is 370 g/mol. The van der Waals surface area contributed by atoms with Crippen LogP contribution in [0.15, 0.2) is 42.2 Å². The zero-order valence-electron chi connectivity index (χ0n) is 14.2. The topological polar surface area (TPSA) is 79.9 Å². The Bertz CT molecular complexity index is 847. The molecule has 134 valence electrons. The van der Waals surface area contributed by atoms with E-state index < -0.39 is 5.91 Å². The molecule has 0 bridgehead atoms. The van der Waals surface area contributed by atoms with Gasteiger partial charge < -0.3 is 10.1 Å². The molecule has 2 heterocycles. The SMILES string of the molecule is N#C/C(=C/c1cnn(Cc2ccccc2Cl)c1)C(=O)NCC1CCCO1. The van der Waals surface area contributed by atoms with Gasteiger partial charge in [0.1, 0.15) is 11.6 Å². The third-order valence-electron chi connectivity index (χ3n) is 4.13.